The van der Waals surface area contributed by atoms with E-state index in [9.17, 15) is 4.79 Å². The van der Waals surface area contributed by atoms with Gasteiger partial charge < -0.3 is 10.6 Å². The molecule has 0 bridgehead atoms. The monoisotopic (exact) mass is 269 g/mol. The summed E-state index contributed by atoms with van der Waals surface area (Å²) in [6, 6.07) is 0.473. The third-order valence-corrected chi connectivity index (χ3v) is 4.76. The molecular formula is C13H23N3OS. The summed E-state index contributed by atoms with van der Waals surface area (Å²) in [5.41, 5.74) is 0.201. The summed E-state index contributed by atoms with van der Waals surface area (Å²) in [5, 5.41) is 7.50. The highest BCUT2D eigenvalue weighted by Gasteiger charge is 2.30. The number of aliphatic imine (C=N–C) groups is 1. The smallest absolute Gasteiger partial charge is 0.220 e. The maximum absolute atomic E-state index is 11.5. The molecule has 1 saturated carbocycles. The average Bonchev–Trinajstić information content (AvgIpc) is 3.07. The highest BCUT2D eigenvalue weighted by Crippen LogP contribution is 2.25. The summed E-state index contributed by atoms with van der Waals surface area (Å²) in [6.45, 7) is 5.16. The molecule has 1 aliphatic heterocycles. The summed E-state index contributed by atoms with van der Waals surface area (Å²) in [7, 11) is 0. The van der Waals surface area contributed by atoms with Crippen LogP contribution in [-0.2, 0) is 4.79 Å². The van der Waals surface area contributed by atoms with Crippen LogP contribution in [0.3, 0.4) is 0 Å². The summed E-state index contributed by atoms with van der Waals surface area (Å²) in [4.78, 5) is 16.0. The largest absolute Gasteiger partial charge is 0.359 e. The van der Waals surface area contributed by atoms with Crippen LogP contribution >= 0.6 is 11.8 Å². The van der Waals surface area contributed by atoms with Gasteiger partial charge in [-0.3, -0.25) is 9.79 Å². The fourth-order valence-electron chi connectivity index (χ4n) is 1.78. The molecule has 1 aliphatic carbocycles. The van der Waals surface area contributed by atoms with Gasteiger partial charge in [-0.05, 0) is 32.6 Å². The third kappa shape index (κ3) is 4.19. The lowest BCUT2D eigenvalue weighted by atomic mass is 10.0. The van der Waals surface area contributed by atoms with E-state index in [-0.39, 0.29) is 11.4 Å². The van der Waals surface area contributed by atoms with Crippen molar-refractivity contribution in [3.63, 3.8) is 0 Å². The molecule has 18 heavy (non-hydrogen) atoms. The minimum absolute atomic E-state index is 0.183. The van der Waals surface area contributed by atoms with Crippen LogP contribution in [0.4, 0.5) is 0 Å². The zero-order valence-corrected chi connectivity index (χ0v) is 12.1. The molecular weight excluding hydrogens is 246 g/mol. The van der Waals surface area contributed by atoms with Crippen LogP contribution in [0.1, 0.15) is 46.0 Å². The lowest BCUT2D eigenvalue weighted by molar-refractivity contribution is -0.121. The predicted octanol–water partition coefficient (Wildman–Crippen LogP) is 1.91. The molecule has 4 nitrogen and oxygen atoms in total. The van der Waals surface area contributed by atoms with Crippen molar-refractivity contribution in [2.75, 3.05) is 12.3 Å². The van der Waals surface area contributed by atoms with Gasteiger partial charge in [-0.1, -0.05) is 18.7 Å². The molecule has 1 saturated heterocycles. The van der Waals surface area contributed by atoms with Gasteiger partial charge in [-0.15, -0.1) is 0 Å². The normalized spacial score (nSPS) is 29.3. The molecule has 102 valence electrons. The Morgan fingerprint density at radius 3 is 3.00 bits per heavy atom. The van der Waals surface area contributed by atoms with Crippen molar-refractivity contribution in [2.45, 2.75) is 57.5 Å². The van der Waals surface area contributed by atoms with Gasteiger partial charge >= 0.3 is 0 Å². The predicted molar refractivity (Wildman–Crippen MR) is 77.0 cm³/mol. The fraction of sp³-hybridized carbons (Fsp3) is 0.846. The molecule has 1 unspecified atom stereocenters. The number of carbonyl (C=O) groups excluding carboxylic acids is 1. The van der Waals surface area contributed by atoms with Crippen LogP contribution < -0.4 is 10.6 Å². The molecule has 0 spiro atoms. The highest BCUT2D eigenvalue weighted by atomic mass is 32.2. The molecule has 0 radical (unpaired) electrons. The standard InChI is InChI=1S/C13H23N3OS/c1-3-13(2)9-18-12(16-13)14-8-4-5-11(17)15-10-6-7-10/h10H,3-9H2,1-2H3,(H,14,16)(H,15,17). The topological polar surface area (TPSA) is 53.5 Å². The molecule has 2 aliphatic rings. The SMILES string of the molecule is CCC1(C)CSC(=NCCCC(=O)NC2CC2)N1. The molecule has 2 fully saturated rings. The lowest BCUT2D eigenvalue weighted by Gasteiger charge is -2.20. The van der Waals surface area contributed by atoms with Crippen molar-refractivity contribution in [3.05, 3.63) is 0 Å². The molecule has 1 amide bonds. The fourth-order valence-corrected chi connectivity index (χ4v) is 3.01. The van der Waals surface area contributed by atoms with E-state index in [4.69, 9.17) is 0 Å². The number of nitrogens with zero attached hydrogens (tertiary/aromatic N) is 1. The first-order valence-corrected chi connectivity index (χ1v) is 7.85. The second-order valence-electron chi connectivity index (χ2n) is 5.46. The minimum Gasteiger partial charge on any atom is -0.359 e. The average molecular weight is 269 g/mol. The van der Waals surface area contributed by atoms with Crippen molar-refractivity contribution in [3.8, 4) is 0 Å². The van der Waals surface area contributed by atoms with Crippen molar-refractivity contribution in [2.24, 2.45) is 4.99 Å². The van der Waals surface area contributed by atoms with Crippen molar-refractivity contribution in [1.82, 2.24) is 10.6 Å². The van der Waals surface area contributed by atoms with Gasteiger partial charge in [0.1, 0.15) is 0 Å². The minimum atomic E-state index is 0.183. The number of hydrogen-bond acceptors (Lipinski definition) is 3. The number of amidine groups is 1. The quantitative estimate of drug-likeness (QED) is 0.724. The Balaban J connectivity index is 1.61. The second kappa shape index (κ2) is 5.95. The van der Waals surface area contributed by atoms with E-state index in [0.29, 0.717) is 12.5 Å². The van der Waals surface area contributed by atoms with E-state index in [1.165, 1.54) is 0 Å². The molecule has 1 atom stereocenters. The van der Waals surface area contributed by atoms with E-state index in [0.717, 1.165) is 43.1 Å². The highest BCUT2D eigenvalue weighted by molar-refractivity contribution is 8.14. The number of carbonyl (C=O) groups is 1. The molecule has 5 heteroatoms. The van der Waals surface area contributed by atoms with Crippen LogP contribution in [0.15, 0.2) is 4.99 Å². The molecule has 0 aromatic carbocycles. The maximum Gasteiger partial charge on any atom is 0.220 e. The van der Waals surface area contributed by atoms with Gasteiger partial charge in [-0.25, -0.2) is 0 Å². The number of hydrogen-bond donors (Lipinski definition) is 2. The number of thioether (sulfide) groups is 1. The summed E-state index contributed by atoms with van der Waals surface area (Å²) >= 11 is 1.79. The Hall–Kier alpha value is -0.710. The van der Waals surface area contributed by atoms with E-state index >= 15 is 0 Å². The van der Waals surface area contributed by atoms with Crippen molar-refractivity contribution >= 4 is 22.8 Å². The molecule has 2 N–H and O–H groups in total. The van der Waals surface area contributed by atoms with Crippen LogP contribution in [0, 0.1) is 0 Å². The van der Waals surface area contributed by atoms with Gasteiger partial charge in [0.25, 0.3) is 0 Å². The first kappa shape index (κ1) is 13.7. The third-order valence-electron chi connectivity index (χ3n) is 3.48. The van der Waals surface area contributed by atoms with Gasteiger partial charge in [0.05, 0.1) is 0 Å². The van der Waals surface area contributed by atoms with Crippen LogP contribution in [0.25, 0.3) is 0 Å². The van der Waals surface area contributed by atoms with Crippen LogP contribution in [0.2, 0.25) is 0 Å². The second-order valence-corrected chi connectivity index (χ2v) is 6.42. The first-order chi connectivity index (χ1) is 8.61. The van der Waals surface area contributed by atoms with Crippen LogP contribution in [0.5, 0.6) is 0 Å². The Bertz CT molecular complexity index is 341. The Kier molecular flexibility index (Phi) is 4.54. The zero-order valence-electron chi connectivity index (χ0n) is 11.3. The van der Waals surface area contributed by atoms with E-state index in [2.05, 4.69) is 29.5 Å². The summed E-state index contributed by atoms with van der Waals surface area (Å²) in [5.74, 6) is 1.27. The summed E-state index contributed by atoms with van der Waals surface area (Å²) in [6.07, 6.45) is 4.87. The zero-order chi connectivity index (χ0) is 13.0. The molecule has 0 aromatic rings. The van der Waals surface area contributed by atoms with E-state index < -0.39 is 0 Å². The van der Waals surface area contributed by atoms with Crippen molar-refractivity contribution in [1.29, 1.82) is 0 Å². The van der Waals surface area contributed by atoms with Gasteiger partial charge in [0, 0.05) is 30.3 Å². The lowest BCUT2D eigenvalue weighted by Crippen LogP contribution is -2.39. The summed E-state index contributed by atoms with van der Waals surface area (Å²) < 4.78 is 0. The number of rotatable bonds is 6. The van der Waals surface area contributed by atoms with E-state index in [1.807, 2.05) is 0 Å². The molecule has 2 rings (SSSR count). The van der Waals surface area contributed by atoms with Gasteiger partial charge in [0.15, 0.2) is 5.17 Å². The Morgan fingerprint density at radius 2 is 2.39 bits per heavy atom. The maximum atomic E-state index is 11.5. The van der Waals surface area contributed by atoms with Gasteiger partial charge in [-0.2, -0.15) is 0 Å². The first-order valence-electron chi connectivity index (χ1n) is 6.86. The molecule has 0 aromatic heterocycles. The number of amides is 1. The van der Waals surface area contributed by atoms with Crippen molar-refractivity contribution < 1.29 is 4.79 Å². The van der Waals surface area contributed by atoms with Gasteiger partial charge in [0.2, 0.25) is 5.91 Å². The molecule has 1 heterocycles. The Labute approximate surface area is 113 Å². The van der Waals surface area contributed by atoms with E-state index in [1.54, 1.807) is 11.8 Å². The Morgan fingerprint density at radius 1 is 1.61 bits per heavy atom. The van der Waals surface area contributed by atoms with Crippen LogP contribution in [-0.4, -0.2) is 35.0 Å². The number of nitrogens with one attached hydrogen (secondary N) is 2.